The highest BCUT2D eigenvalue weighted by molar-refractivity contribution is 14.1. The molecule has 5 heteroatoms. The topological polar surface area (TPSA) is 49.4 Å². The van der Waals surface area contributed by atoms with Gasteiger partial charge in [0.15, 0.2) is 0 Å². The summed E-state index contributed by atoms with van der Waals surface area (Å²) in [5.41, 5.74) is 2.49. The van der Waals surface area contributed by atoms with Crippen LogP contribution in [0.15, 0.2) is 48.5 Å². The maximum Gasteiger partial charge on any atom is 0.255 e. The van der Waals surface area contributed by atoms with Crippen LogP contribution in [0.3, 0.4) is 0 Å². The fraction of sp³-hybridized carbons (Fsp3) is 0.222. The Labute approximate surface area is 150 Å². The van der Waals surface area contributed by atoms with Gasteiger partial charge in [0.1, 0.15) is 0 Å². The molecule has 0 aliphatic carbocycles. The Balaban J connectivity index is 2.02. The van der Waals surface area contributed by atoms with Crippen molar-refractivity contribution in [2.45, 2.75) is 13.3 Å². The summed E-state index contributed by atoms with van der Waals surface area (Å²) < 4.78 is 0.874. The molecule has 0 fully saturated rings. The number of benzene rings is 2. The molecule has 0 aliphatic heterocycles. The number of carbonyl (C=O) groups excluding carboxylic acids is 2. The van der Waals surface area contributed by atoms with Crippen molar-refractivity contribution < 1.29 is 9.59 Å². The van der Waals surface area contributed by atoms with Crippen LogP contribution < -0.4 is 5.32 Å². The molecule has 2 rings (SSSR count). The van der Waals surface area contributed by atoms with Gasteiger partial charge in [0.05, 0.1) is 12.1 Å². The third-order valence-corrected chi connectivity index (χ3v) is 4.44. The molecule has 0 saturated carbocycles. The van der Waals surface area contributed by atoms with E-state index in [4.69, 9.17) is 0 Å². The molecule has 0 aliphatic rings. The lowest BCUT2D eigenvalue weighted by Crippen LogP contribution is -2.35. The highest BCUT2D eigenvalue weighted by Crippen LogP contribution is 2.16. The Kier molecular flexibility index (Phi) is 6.15. The van der Waals surface area contributed by atoms with Crippen LogP contribution in [-0.4, -0.2) is 30.3 Å². The molecule has 0 atom stereocenters. The molecule has 0 heterocycles. The third-order valence-electron chi connectivity index (χ3n) is 3.50. The molecule has 0 aromatic heterocycles. The number of para-hydroxylation sites is 1. The van der Waals surface area contributed by atoms with Crippen molar-refractivity contribution in [1.29, 1.82) is 0 Å². The molecule has 23 heavy (non-hydrogen) atoms. The smallest absolute Gasteiger partial charge is 0.255 e. The van der Waals surface area contributed by atoms with Gasteiger partial charge in [-0.3, -0.25) is 9.59 Å². The van der Waals surface area contributed by atoms with Gasteiger partial charge >= 0.3 is 0 Å². The number of hydrogen-bond acceptors (Lipinski definition) is 2. The van der Waals surface area contributed by atoms with E-state index in [0.717, 1.165) is 21.2 Å². The Morgan fingerprint density at radius 3 is 2.43 bits per heavy atom. The largest absolute Gasteiger partial charge is 0.332 e. The molecule has 0 bridgehead atoms. The summed E-state index contributed by atoms with van der Waals surface area (Å²) in [6, 6.07) is 15.0. The van der Waals surface area contributed by atoms with Gasteiger partial charge in [-0.2, -0.15) is 0 Å². The fourth-order valence-electron chi connectivity index (χ4n) is 2.27. The van der Waals surface area contributed by atoms with Gasteiger partial charge in [0, 0.05) is 16.3 Å². The highest BCUT2D eigenvalue weighted by atomic mass is 127. The normalized spacial score (nSPS) is 10.2. The number of amides is 2. The minimum absolute atomic E-state index is 0.0157. The van der Waals surface area contributed by atoms with E-state index in [-0.39, 0.29) is 18.4 Å². The van der Waals surface area contributed by atoms with Crippen LogP contribution in [0.4, 0.5) is 5.69 Å². The first kappa shape index (κ1) is 17.5. The summed E-state index contributed by atoms with van der Waals surface area (Å²) in [4.78, 5) is 26.1. The number of carbonyl (C=O) groups is 2. The molecular formula is C18H19IN2O2. The number of nitrogens with one attached hydrogen (secondary N) is 1. The fourth-order valence-corrected chi connectivity index (χ4v) is 2.89. The number of rotatable bonds is 5. The summed E-state index contributed by atoms with van der Waals surface area (Å²) in [5, 5.41) is 2.88. The van der Waals surface area contributed by atoms with Crippen LogP contribution in [0.25, 0.3) is 0 Å². The van der Waals surface area contributed by atoms with E-state index in [1.807, 2.05) is 49.4 Å². The van der Waals surface area contributed by atoms with Crippen molar-refractivity contribution in [2.75, 3.05) is 18.9 Å². The van der Waals surface area contributed by atoms with Crippen LogP contribution >= 0.6 is 22.6 Å². The Hall–Kier alpha value is -1.89. The predicted octanol–water partition coefficient (Wildman–Crippen LogP) is 3.56. The standard InChI is InChI=1S/C18H19IN2O2/c1-3-13-8-4-7-11-16(13)20-17(22)12-21(2)18(23)14-9-5-6-10-15(14)19/h4-11H,3,12H2,1-2H3,(H,20,22). The SMILES string of the molecule is CCc1ccccc1NC(=O)CN(C)C(=O)c1ccccc1I. The van der Waals surface area contributed by atoms with Crippen LogP contribution in [0.5, 0.6) is 0 Å². The van der Waals surface area contributed by atoms with Crippen LogP contribution in [0, 0.1) is 3.57 Å². The zero-order valence-corrected chi connectivity index (χ0v) is 15.3. The van der Waals surface area contributed by atoms with Crippen molar-refractivity contribution in [2.24, 2.45) is 0 Å². The molecule has 120 valence electrons. The molecule has 0 spiro atoms. The Bertz CT molecular complexity index is 716. The third kappa shape index (κ3) is 4.54. The quantitative estimate of drug-likeness (QED) is 0.750. The summed E-state index contributed by atoms with van der Waals surface area (Å²) in [6.07, 6.45) is 0.841. The number of halogens is 1. The number of nitrogens with zero attached hydrogens (tertiary/aromatic N) is 1. The highest BCUT2D eigenvalue weighted by Gasteiger charge is 2.17. The number of anilines is 1. The zero-order valence-electron chi connectivity index (χ0n) is 13.2. The van der Waals surface area contributed by atoms with E-state index in [2.05, 4.69) is 27.9 Å². The Morgan fingerprint density at radius 1 is 1.09 bits per heavy atom. The van der Waals surface area contributed by atoms with Gasteiger partial charge in [-0.25, -0.2) is 0 Å². The second kappa shape index (κ2) is 8.10. The first-order valence-corrected chi connectivity index (χ1v) is 8.48. The molecular weight excluding hydrogens is 403 g/mol. The maximum atomic E-state index is 12.4. The van der Waals surface area contributed by atoms with Crippen molar-refractivity contribution in [3.63, 3.8) is 0 Å². The number of likely N-dealkylation sites (N-methyl/N-ethyl adjacent to an activating group) is 1. The molecule has 4 nitrogen and oxygen atoms in total. The number of aryl methyl sites for hydroxylation is 1. The van der Waals surface area contributed by atoms with E-state index in [1.54, 1.807) is 13.1 Å². The lowest BCUT2D eigenvalue weighted by Gasteiger charge is -2.18. The first-order valence-electron chi connectivity index (χ1n) is 7.40. The maximum absolute atomic E-state index is 12.4. The molecule has 0 unspecified atom stereocenters. The van der Waals surface area contributed by atoms with Crippen LogP contribution in [0.1, 0.15) is 22.8 Å². The first-order chi connectivity index (χ1) is 11.0. The molecule has 0 saturated heterocycles. The predicted molar refractivity (Wildman–Crippen MR) is 101 cm³/mol. The van der Waals surface area contributed by atoms with Gasteiger partial charge in [-0.1, -0.05) is 37.3 Å². The van der Waals surface area contributed by atoms with Crippen LogP contribution in [0.2, 0.25) is 0 Å². The summed E-state index contributed by atoms with van der Waals surface area (Å²) in [5.74, 6) is -0.360. The molecule has 2 aromatic rings. The van der Waals surface area contributed by atoms with Crippen molar-refractivity contribution >= 4 is 40.1 Å². The second-order valence-corrected chi connectivity index (χ2v) is 6.36. The van der Waals surface area contributed by atoms with E-state index in [0.29, 0.717) is 5.56 Å². The van der Waals surface area contributed by atoms with Gasteiger partial charge in [-0.05, 0) is 52.8 Å². The lowest BCUT2D eigenvalue weighted by atomic mass is 10.1. The van der Waals surface area contributed by atoms with Gasteiger partial charge in [0.25, 0.3) is 5.91 Å². The van der Waals surface area contributed by atoms with Crippen molar-refractivity contribution in [3.8, 4) is 0 Å². The van der Waals surface area contributed by atoms with Crippen molar-refractivity contribution in [1.82, 2.24) is 4.90 Å². The van der Waals surface area contributed by atoms with Gasteiger partial charge < -0.3 is 10.2 Å². The molecule has 2 aromatic carbocycles. The monoisotopic (exact) mass is 422 g/mol. The summed E-state index contributed by atoms with van der Waals surface area (Å²) in [6.45, 7) is 2.06. The van der Waals surface area contributed by atoms with E-state index >= 15 is 0 Å². The van der Waals surface area contributed by atoms with Crippen LogP contribution in [-0.2, 0) is 11.2 Å². The van der Waals surface area contributed by atoms with E-state index in [9.17, 15) is 9.59 Å². The minimum Gasteiger partial charge on any atom is -0.332 e. The second-order valence-electron chi connectivity index (χ2n) is 5.20. The average Bonchev–Trinajstić information content (AvgIpc) is 2.55. The number of hydrogen-bond donors (Lipinski definition) is 1. The van der Waals surface area contributed by atoms with Gasteiger partial charge in [-0.15, -0.1) is 0 Å². The van der Waals surface area contributed by atoms with E-state index in [1.165, 1.54) is 4.90 Å². The molecule has 0 radical (unpaired) electrons. The lowest BCUT2D eigenvalue weighted by molar-refractivity contribution is -0.116. The summed E-state index contributed by atoms with van der Waals surface area (Å²) in [7, 11) is 1.64. The molecule has 1 N–H and O–H groups in total. The van der Waals surface area contributed by atoms with Crippen molar-refractivity contribution in [3.05, 3.63) is 63.2 Å². The van der Waals surface area contributed by atoms with E-state index < -0.39 is 0 Å². The zero-order chi connectivity index (χ0) is 16.8. The summed E-state index contributed by atoms with van der Waals surface area (Å²) >= 11 is 2.12. The van der Waals surface area contributed by atoms with Gasteiger partial charge in [0.2, 0.25) is 5.91 Å². The minimum atomic E-state index is -0.201. The Morgan fingerprint density at radius 2 is 1.74 bits per heavy atom. The molecule has 2 amide bonds. The average molecular weight is 422 g/mol.